The molecule has 0 N–H and O–H groups in total. The molecule has 2 aromatic heterocycles. The van der Waals surface area contributed by atoms with E-state index in [0.29, 0.717) is 0 Å². The predicted octanol–water partition coefficient (Wildman–Crippen LogP) is 0.824. The van der Waals surface area contributed by atoms with Gasteiger partial charge >= 0.3 is 5.97 Å². The molecule has 0 fully saturated rings. The number of carbonyl (C=O) groups is 1. The Bertz CT molecular complexity index is 554. The number of carbonyl (C=O) groups excluding carboxylic acids is 1. The van der Waals surface area contributed by atoms with E-state index in [1.807, 2.05) is 0 Å². The lowest BCUT2D eigenvalue weighted by atomic mass is 10.3. The van der Waals surface area contributed by atoms with Crippen LogP contribution in [0.4, 0.5) is 8.78 Å². The molecule has 0 saturated carbocycles. The maximum atomic E-state index is 13.0. The quantitative estimate of drug-likeness (QED) is 0.744. The molecule has 0 radical (unpaired) electrons. The molecule has 0 aliphatic rings. The van der Waals surface area contributed by atoms with Gasteiger partial charge in [0.1, 0.15) is 12.2 Å². The summed E-state index contributed by atoms with van der Waals surface area (Å²) in [7, 11) is 0. The van der Waals surface area contributed by atoms with Crippen LogP contribution in [0.15, 0.2) is 10.9 Å². The Balaban J connectivity index is 2.31. The number of aromatic nitrogens is 5. The van der Waals surface area contributed by atoms with Gasteiger partial charge in [-0.05, 0) is 6.92 Å². The first kappa shape index (κ1) is 13.1. The lowest BCUT2D eigenvalue weighted by molar-refractivity contribution is 0.0506. The summed E-state index contributed by atoms with van der Waals surface area (Å²) < 4.78 is 35.9. The molecule has 0 unspecified atom stereocenters. The number of nitrogens with zero attached hydrogens (tertiary/aromatic N) is 5. The number of esters is 1. The minimum Gasteiger partial charge on any atom is -0.461 e. The van der Waals surface area contributed by atoms with Crippen molar-refractivity contribution in [1.82, 2.24) is 25.1 Å². The maximum absolute atomic E-state index is 13.0. The van der Waals surface area contributed by atoms with Gasteiger partial charge in [-0.25, -0.2) is 18.3 Å². The van der Waals surface area contributed by atoms with Crippen molar-refractivity contribution >= 4 is 5.97 Å². The van der Waals surface area contributed by atoms with Gasteiger partial charge in [-0.3, -0.25) is 0 Å². The predicted molar refractivity (Wildman–Crippen MR) is 54.3 cm³/mol. The lowest BCUT2D eigenvalue weighted by Gasteiger charge is -2.04. The Morgan fingerprint density at radius 3 is 2.95 bits per heavy atom. The summed E-state index contributed by atoms with van der Waals surface area (Å²) in [5, 5.41) is 10.4. The third kappa shape index (κ3) is 2.72. The van der Waals surface area contributed by atoms with Crippen molar-refractivity contribution < 1.29 is 22.8 Å². The molecular formula is C9H9F2N5O3. The Morgan fingerprint density at radius 2 is 2.37 bits per heavy atom. The number of alkyl halides is 2. The molecule has 0 spiro atoms. The molecule has 19 heavy (non-hydrogen) atoms. The third-order valence-corrected chi connectivity index (χ3v) is 2.15. The van der Waals surface area contributed by atoms with Gasteiger partial charge in [-0.2, -0.15) is 4.98 Å². The second-order valence-corrected chi connectivity index (χ2v) is 3.35. The van der Waals surface area contributed by atoms with Crippen LogP contribution in [0.25, 0.3) is 0 Å². The summed E-state index contributed by atoms with van der Waals surface area (Å²) >= 11 is 0. The summed E-state index contributed by atoms with van der Waals surface area (Å²) in [6.45, 7) is 1.44. The lowest BCUT2D eigenvalue weighted by Crippen LogP contribution is -2.12. The fourth-order valence-electron chi connectivity index (χ4n) is 1.39. The van der Waals surface area contributed by atoms with Crippen molar-refractivity contribution in [2.45, 2.75) is 19.9 Å². The van der Waals surface area contributed by atoms with Crippen LogP contribution in [0.2, 0.25) is 0 Å². The van der Waals surface area contributed by atoms with E-state index in [0.717, 1.165) is 11.1 Å². The van der Waals surface area contributed by atoms with Crippen LogP contribution in [0, 0.1) is 0 Å². The third-order valence-electron chi connectivity index (χ3n) is 2.15. The second kappa shape index (κ2) is 5.50. The van der Waals surface area contributed by atoms with E-state index < -0.39 is 23.8 Å². The van der Waals surface area contributed by atoms with Crippen LogP contribution in [0.5, 0.6) is 0 Å². The van der Waals surface area contributed by atoms with E-state index in [1.165, 1.54) is 0 Å². The van der Waals surface area contributed by atoms with Crippen LogP contribution >= 0.6 is 0 Å². The van der Waals surface area contributed by atoms with Gasteiger partial charge < -0.3 is 9.26 Å². The van der Waals surface area contributed by atoms with Crippen LogP contribution in [0.3, 0.4) is 0 Å². The van der Waals surface area contributed by atoms with E-state index in [9.17, 15) is 13.6 Å². The monoisotopic (exact) mass is 273 g/mol. The molecule has 0 saturated heterocycles. The summed E-state index contributed by atoms with van der Waals surface area (Å²) in [5.74, 6) is -0.806. The molecule has 0 amide bonds. The fourth-order valence-corrected chi connectivity index (χ4v) is 1.39. The molecule has 0 aromatic carbocycles. The van der Waals surface area contributed by atoms with Gasteiger partial charge in [0.15, 0.2) is 11.5 Å². The maximum Gasteiger partial charge on any atom is 0.361 e. The molecule has 0 aliphatic heterocycles. The van der Waals surface area contributed by atoms with Crippen molar-refractivity contribution in [3.63, 3.8) is 0 Å². The highest BCUT2D eigenvalue weighted by Gasteiger charge is 2.28. The second-order valence-electron chi connectivity index (χ2n) is 3.35. The zero-order valence-corrected chi connectivity index (χ0v) is 9.79. The smallest absolute Gasteiger partial charge is 0.361 e. The zero-order chi connectivity index (χ0) is 13.8. The fraction of sp³-hybridized carbons (Fsp3) is 0.444. The summed E-state index contributed by atoms with van der Waals surface area (Å²) in [4.78, 5) is 15.1. The highest BCUT2D eigenvalue weighted by molar-refractivity contribution is 5.88. The van der Waals surface area contributed by atoms with Gasteiger partial charge in [0.25, 0.3) is 6.43 Å². The summed E-state index contributed by atoms with van der Waals surface area (Å²) in [6, 6.07) is 0. The Labute approximate surface area is 105 Å². The van der Waals surface area contributed by atoms with E-state index in [4.69, 9.17) is 0 Å². The largest absolute Gasteiger partial charge is 0.461 e. The van der Waals surface area contributed by atoms with Gasteiger partial charge in [0.05, 0.1) is 6.61 Å². The van der Waals surface area contributed by atoms with Gasteiger partial charge in [0.2, 0.25) is 6.39 Å². The molecule has 0 bridgehead atoms. The molecule has 8 nitrogen and oxygen atoms in total. The van der Waals surface area contributed by atoms with Crippen LogP contribution in [0.1, 0.15) is 35.4 Å². The number of halogens is 2. The van der Waals surface area contributed by atoms with Gasteiger partial charge in [0, 0.05) is 0 Å². The average Bonchev–Trinajstić information content (AvgIpc) is 2.99. The molecule has 0 atom stereocenters. The van der Waals surface area contributed by atoms with Gasteiger partial charge in [-0.1, -0.05) is 10.4 Å². The van der Waals surface area contributed by atoms with Crippen molar-refractivity contribution in [3.05, 3.63) is 23.6 Å². The molecule has 2 rings (SSSR count). The van der Waals surface area contributed by atoms with E-state index in [2.05, 4.69) is 29.7 Å². The minimum absolute atomic E-state index is 0.0548. The van der Waals surface area contributed by atoms with Crippen molar-refractivity contribution in [2.24, 2.45) is 0 Å². The standard InChI is InChI=1S/C9H9F2N5O3/c1-2-18-9(17)6-7(8(10)11)16(15-13-6)3-5-12-4-19-14-5/h4,8H,2-3H2,1H3. The molecule has 0 aliphatic carbocycles. The molecule has 2 aromatic rings. The van der Waals surface area contributed by atoms with Crippen LogP contribution in [-0.2, 0) is 11.3 Å². The van der Waals surface area contributed by atoms with Gasteiger partial charge in [-0.15, -0.1) is 5.10 Å². The number of hydrogen-bond donors (Lipinski definition) is 0. The summed E-state index contributed by atoms with van der Waals surface area (Å²) in [6.07, 6.45) is -1.87. The Kier molecular flexibility index (Phi) is 3.78. The highest BCUT2D eigenvalue weighted by Crippen LogP contribution is 2.22. The number of ether oxygens (including phenoxy) is 1. The topological polar surface area (TPSA) is 95.9 Å². The molecular weight excluding hydrogens is 264 g/mol. The Morgan fingerprint density at radius 1 is 1.58 bits per heavy atom. The van der Waals surface area contributed by atoms with Crippen LogP contribution in [-0.4, -0.2) is 37.7 Å². The van der Waals surface area contributed by atoms with Crippen LogP contribution < -0.4 is 0 Å². The minimum atomic E-state index is -2.93. The first-order chi connectivity index (χ1) is 9.13. The Hall–Kier alpha value is -2.39. The average molecular weight is 273 g/mol. The van der Waals surface area contributed by atoms with E-state index in [-0.39, 0.29) is 19.0 Å². The molecule has 2 heterocycles. The van der Waals surface area contributed by atoms with E-state index >= 15 is 0 Å². The highest BCUT2D eigenvalue weighted by atomic mass is 19.3. The number of rotatable bonds is 5. The molecule has 102 valence electrons. The summed E-state index contributed by atoms with van der Waals surface area (Å²) in [5.41, 5.74) is -1.15. The van der Waals surface area contributed by atoms with E-state index in [1.54, 1.807) is 6.92 Å². The first-order valence-electron chi connectivity index (χ1n) is 5.27. The van der Waals surface area contributed by atoms with Crippen molar-refractivity contribution in [1.29, 1.82) is 0 Å². The zero-order valence-electron chi connectivity index (χ0n) is 9.79. The first-order valence-corrected chi connectivity index (χ1v) is 5.27. The van der Waals surface area contributed by atoms with Crippen molar-refractivity contribution in [2.75, 3.05) is 6.61 Å². The van der Waals surface area contributed by atoms with Crippen molar-refractivity contribution in [3.8, 4) is 0 Å². The number of hydrogen-bond acceptors (Lipinski definition) is 7. The normalized spacial score (nSPS) is 10.9. The molecule has 10 heteroatoms. The SMILES string of the molecule is CCOC(=O)c1nnn(Cc2ncon2)c1C(F)F.